The maximum Gasteiger partial charge on any atom is 0.360 e. The predicted molar refractivity (Wildman–Crippen MR) is 83.3 cm³/mol. The number of thiazole rings is 1. The number of hydrogen-bond acceptors (Lipinski definition) is 5. The highest BCUT2D eigenvalue weighted by Gasteiger charge is 2.28. The quantitative estimate of drug-likeness (QED) is 0.769. The predicted octanol–water partition coefficient (Wildman–Crippen LogP) is 2.96. The topological polar surface area (TPSA) is 108 Å². The molecule has 2 N–H and O–H groups in total. The molecule has 0 saturated heterocycles. The number of aromatic carboxylic acids is 1. The Labute approximate surface area is 139 Å². The molecule has 1 aromatic carbocycles. The number of nitrogens with zero attached hydrogens (tertiary/aromatic N) is 2. The summed E-state index contributed by atoms with van der Waals surface area (Å²) in [5.41, 5.74) is 0.980. The van der Waals surface area contributed by atoms with Crippen LogP contribution in [0.2, 0.25) is 10.0 Å². The minimum Gasteiger partial charge on any atom is -0.476 e. The molecule has 0 aliphatic rings. The SMILES string of the molecule is O=C(O)c1ncsc1N(Cc1cc(Cl)ccc1Cl)S(=O)(=O)O. The van der Waals surface area contributed by atoms with Gasteiger partial charge in [0.15, 0.2) is 5.69 Å². The Morgan fingerprint density at radius 3 is 2.64 bits per heavy atom. The molecule has 2 aromatic rings. The molecule has 0 radical (unpaired) electrons. The normalized spacial score (nSPS) is 11.4. The van der Waals surface area contributed by atoms with Crippen molar-refractivity contribution in [2.24, 2.45) is 0 Å². The van der Waals surface area contributed by atoms with Gasteiger partial charge in [-0.1, -0.05) is 23.2 Å². The molecule has 1 aromatic heterocycles. The largest absolute Gasteiger partial charge is 0.476 e. The summed E-state index contributed by atoms with van der Waals surface area (Å²) in [6.07, 6.45) is 0. The number of carboxylic acid groups (broad SMARTS) is 1. The highest BCUT2D eigenvalue weighted by molar-refractivity contribution is 7.87. The van der Waals surface area contributed by atoms with Crippen molar-refractivity contribution >= 4 is 55.8 Å². The van der Waals surface area contributed by atoms with Crippen LogP contribution in [0.1, 0.15) is 16.1 Å². The standard InChI is InChI=1S/C11H8Cl2N2O5S2/c12-7-1-2-8(13)6(3-7)4-15(22(18,19)20)10-9(11(16)17)14-5-21-10/h1-3,5H,4H2,(H,16,17)(H,18,19,20). The van der Waals surface area contributed by atoms with Crippen molar-refractivity contribution < 1.29 is 22.9 Å². The van der Waals surface area contributed by atoms with E-state index in [4.69, 9.17) is 28.3 Å². The molecule has 22 heavy (non-hydrogen) atoms. The summed E-state index contributed by atoms with van der Waals surface area (Å²) in [6.45, 7) is -0.388. The number of benzene rings is 1. The fraction of sp³-hybridized carbons (Fsp3) is 0.0909. The Morgan fingerprint density at radius 2 is 2.05 bits per heavy atom. The fourth-order valence-electron chi connectivity index (χ4n) is 1.64. The van der Waals surface area contributed by atoms with E-state index in [1.165, 1.54) is 18.2 Å². The van der Waals surface area contributed by atoms with Crippen LogP contribution in [-0.4, -0.2) is 29.0 Å². The van der Waals surface area contributed by atoms with E-state index in [0.717, 1.165) is 16.8 Å². The van der Waals surface area contributed by atoms with Crippen LogP contribution in [0.3, 0.4) is 0 Å². The maximum absolute atomic E-state index is 11.6. The van der Waals surface area contributed by atoms with Crippen LogP contribution in [0, 0.1) is 0 Å². The third-order valence-electron chi connectivity index (χ3n) is 2.58. The van der Waals surface area contributed by atoms with Crippen molar-refractivity contribution in [1.29, 1.82) is 0 Å². The van der Waals surface area contributed by atoms with Crippen molar-refractivity contribution in [2.75, 3.05) is 4.31 Å². The van der Waals surface area contributed by atoms with Crippen molar-refractivity contribution in [2.45, 2.75) is 6.54 Å². The minimum absolute atomic E-state index is 0.222. The number of halogens is 2. The molecule has 11 heteroatoms. The van der Waals surface area contributed by atoms with E-state index in [9.17, 15) is 17.8 Å². The minimum atomic E-state index is -4.73. The van der Waals surface area contributed by atoms with Crippen LogP contribution < -0.4 is 4.31 Å². The van der Waals surface area contributed by atoms with Gasteiger partial charge in [-0.2, -0.15) is 8.42 Å². The van der Waals surface area contributed by atoms with Gasteiger partial charge in [-0.05, 0) is 23.8 Å². The van der Waals surface area contributed by atoms with Crippen LogP contribution in [0.5, 0.6) is 0 Å². The summed E-state index contributed by atoms with van der Waals surface area (Å²) in [5.74, 6) is -1.41. The molecule has 0 spiro atoms. The van der Waals surface area contributed by atoms with Gasteiger partial charge in [-0.3, -0.25) is 4.55 Å². The second-order valence-corrected chi connectivity index (χ2v) is 7.04. The summed E-state index contributed by atoms with van der Waals surface area (Å²) in [4.78, 5) is 14.7. The molecule has 0 fully saturated rings. The molecule has 0 unspecified atom stereocenters. The third-order valence-corrected chi connectivity index (χ3v) is 5.01. The first-order valence-electron chi connectivity index (χ1n) is 5.56. The lowest BCUT2D eigenvalue weighted by molar-refractivity contribution is 0.0692. The van der Waals surface area contributed by atoms with Crippen molar-refractivity contribution in [3.05, 3.63) is 45.0 Å². The zero-order valence-electron chi connectivity index (χ0n) is 10.6. The first kappa shape index (κ1) is 17.0. The zero-order chi connectivity index (χ0) is 16.5. The van der Waals surface area contributed by atoms with Crippen molar-refractivity contribution in [3.8, 4) is 0 Å². The van der Waals surface area contributed by atoms with E-state index in [2.05, 4.69) is 4.98 Å². The Bertz CT molecular complexity index is 822. The maximum atomic E-state index is 11.6. The van der Waals surface area contributed by atoms with E-state index >= 15 is 0 Å². The molecule has 0 bridgehead atoms. The van der Waals surface area contributed by atoms with Crippen molar-refractivity contribution in [1.82, 2.24) is 4.98 Å². The second-order valence-electron chi connectivity index (χ2n) is 4.03. The smallest absolute Gasteiger partial charge is 0.360 e. The Balaban J connectivity index is 2.51. The summed E-state index contributed by atoms with van der Waals surface area (Å²) in [7, 11) is -4.73. The lowest BCUT2D eigenvalue weighted by Crippen LogP contribution is -2.30. The van der Waals surface area contributed by atoms with Crippen LogP contribution >= 0.6 is 34.5 Å². The van der Waals surface area contributed by atoms with Gasteiger partial charge in [0.2, 0.25) is 0 Å². The van der Waals surface area contributed by atoms with E-state index in [0.29, 0.717) is 14.9 Å². The average Bonchev–Trinajstić information content (AvgIpc) is 2.87. The number of carboxylic acids is 1. The molecule has 1 heterocycles. The van der Waals surface area contributed by atoms with Crippen molar-refractivity contribution in [3.63, 3.8) is 0 Å². The molecule has 7 nitrogen and oxygen atoms in total. The van der Waals surface area contributed by atoms with E-state index in [1.807, 2.05) is 0 Å². The number of rotatable bonds is 5. The van der Waals surface area contributed by atoms with E-state index in [-0.39, 0.29) is 16.6 Å². The Hall–Kier alpha value is -1.39. The van der Waals surface area contributed by atoms with E-state index in [1.54, 1.807) is 0 Å². The summed E-state index contributed by atoms with van der Waals surface area (Å²) >= 11 is 12.6. The first-order valence-corrected chi connectivity index (χ1v) is 8.59. The van der Waals surface area contributed by atoms with Gasteiger partial charge in [-0.25, -0.2) is 14.1 Å². The monoisotopic (exact) mass is 382 g/mol. The highest BCUT2D eigenvalue weighted by atomic mass is 35.5. The first-order chi connectivity index (χ1) is 10.2. The molecular formula is C11H8Cl2N2O5S2. The van der Waals surface area contributed by atoms with Crippen LogP contribution in [0.4, 0.5) is 5.00 Å². The van der Waals surface area contributed by atoms with Crippen LogP contribution in [0.25, 0.3) is 0 Å². The highest BCUT2D eigenvalue weighted by Crippen LogP contribution is 2.31. The van der Waals surface area contributed by atoms with Gasteiger partial charge in [0.25, 0.3) is 0 Å². The van der Waals surface area contributed by atoms with Gasteiger partial charge in [0.1, 0.15) is 5.00 Å². The molecule has 0 atom stereocenters. The average molecular weight is 383 g/mol. The Kier molecular flexibility index (Phi) is 4.93. The number of anilines is 1. The van der Waals surface area contributed by atoms with Gasteiger partial charge >= 0.3 is 16.3 Å². The van der Waals surface area contributed by atoms with Crippen LogP contribution in [0.15, 0.2) is 23.7 Å². The number of hydrogen-bond donors (Lipinski definition) is 2. The molecule has 2 rings (SSSR count). The lowest BCUT2D eigenvalue weighted by Gasteiger charge is -2.20. The molecule has 0 saturated carbocycles. The zero-order valence-corrected chi connectivity index (χ0v) is 13.7. The number of carbonyl (C=O) groups is 1. The Morgan fingerprint density at radius 1 is 1.36 bits per heavy atom. The summed E-state index contributed by atoms with van der Waals surface area (Å²) in [5, 5.41) is 9.34. The molecule has 0 aliphatic carbocycles. The van der Waals surface area contributed by atoms with Gasteiger partial charge in [0.05, 0.1) is 12.1 Å². The molecule has 0 aliphatic heterocycles. The fourth-order valence-corrected chi connectivity index (χ4v) is 3.71. The summed E-state index contributed by atoms with van der Waals surface area (Å²) in [6, 6.07) is 4.40. The molecular weight excluding hydrogens is 375 g/mol. The second kappa shape index (κ2) is 6.39. The lowest BCUT2D eigenvalue weighted by atomic mass is 10.2. The van der Waals surface area contributed by atoms with Gasteiger partial charge in [-0.15, -0.1) is 11.3 Å². The third kappa shape index (κ3) is 3.68. The molecule has 0 amide bonds. The summed E-state index contributed by atoms with van der Waals surface area (Å²) < 4.78 is 33.1. The van der Waals surface area contributed by atoms with Crippen LogP contribution in [-0.2, 0) is 16.8 Å². The number of aromatic nitrogens is 1. The molecule has 118 valence electrons. The van der Waals surface area contributed by atoms with Gasteiger partial charge in [0, 0.05) is 10.0 Å². The van der Waals surface area contributed by atoms with E-state index < -0.39 is 22.0 Å². The van der Waals surface area contributed by atoms with Gasteiger partial charge < -0.3 is 5.11 Å².